The molecule has 0 saturated carbocycles. The van der Waals surface area contributed by atoms with Gasteiger partial charge in [-0.05, 0) is 58.7 Å². The second kappa shape index (κ2) is 8.44. The summed E-state index contributed by atoms with van der Waals surface area (Å²) in [5.41, 5.74) is 1.64. The first-order chi connectivity index (χ1) is 10.7. The number of para-hydroxylation sites is 1. The smallest absolute Gasteiger partial charge is 0.243 e. The van der Waals surface area contributed by atoms with E-state index in [1.807, 2.05) is 48.5 Å². The van der Waals surface area contributed by atoms with Crippen molar-refractivity contribution in [3.8, 4) is 5.75 Å². The summed E-state index contributed by atoms with van der Waals surface area (Å²) >= 11 is 3.43. The molecule has 0 atom stereocenters. The maximum atomic E-state index is 11.9. The highest BCUT2D eigenvalue weighted by Crippen LogP contribution is 2.21. The van der Waals surface area contributed by atoms with Crippen molar-refractivity contribution in [2.75, 3.05) is 23.8 Å². The van der Waals surface area contributed by atoms with Crippen LogP contribution >= 0.6 is 15.9 Å². The summed E-state index contributed by atoms with van der Waals surface area (Å²) in [5.74, 6) is 0.712. The van der Waals surface area contributed by atoms with Crippen LogP contribution in [0.3, 0.4) is 0 Å². The lowest BCUT2D eigenvalue weighted by Gasteiger charge is -2.10. The molecule has 0 saturated heterocycles. The molecule has 1 amide bonds. The lowest BCUT2D eigenvalue weighted by Crippen LogP contribution is -2.21. The van der Waals surface area contributed by atoms with Crippen LogP contribution < -0.4 is 15.4 Å². The van der Waals surface area contributed by atoms with Crippen molar-refractivity contribution in [3.63, 3.8) is 0 Å². The average Bonchev–Trinajstić information content (AvgIpc) is 2.53. The molecule has 4 nitrogen and oxygen atoms in total. The van der Waals surface area contributed by atoms with Gasteiger partial charge in [0.2, 0.25) is 5.91 Å². The minimum absolute atomic E-state index is 0.0991. The molecule has 0 aliphatic carbocycles. The van der Waals surface area contributed by atoms with Crippen molar-refractivity contribution < 1.29 is 9.53 Å². The molecular formula is C17H19BrN2O2. The molecule has 22 heavy (non-hydrogen) atoms. The van der Waals surface area contributed by atoms with Crippen LogP contribution in [0, 0.1) is 0 Å². The Hall–Kier alpha value is -2.01. The summed E-state index contributed by atoms with van der Waals surface area (Å²) in [6.07, 6.45) is 0.971. The van der Waals surface area contributed by atoms with Crippen molar-refractivity contribution >= 4 is 33.2 Å². The van der Waals surface area contributed by atoms with E-state index in [4.69, 9.17) is 4.74 Å². The van der Waals surface area contributed by atoms with E-state index in [-0.39, 0.29) is 12.5 Å². The Labute approximate surface area is 139 Å². The maximum Gasteiger partial charge on any atom is 0.243 e. The van der Waals surface area contributed by atoms with Crippen LogP contribution in [0.25, 0.3) is 0 Å². The highest BCUT2D eigenvalue weighted by Gasteiger charge is 2.04. The molecule has 0 unspecified atom stereocenters. The summed E-state index contributed by atoms with van der Waals surface area (Å²) in [6.45, 7) is 2.96. The number of halogens is 1. The Morgan fingerprint density at radius 3 is 2.55 bits per heavy atom. The highest BCUT2D eigenvalue weighted by molar-refractivity contribution is 9.10. The number of rotatable bonds is 7. The number of benzene rings is 2. The Morgan fingerprint density at radius 2 is 1.86 bits per heavy atom. The van der Waals surface area contributed by atoms with Crippen LogP contribution in [0.2, 0.25) is 0 Å². The summed E-state index contributed by atoms with van der Waals surface area (Å²) in [7, 11) is 0. The van der Waals surface area contributed by atoms with Crippen LogP contribution in [0.4, 0.5) is 11.4 Å². The molecule has 2 aromatic rings. The molecule has 0 aliphatic heterocycles. The van der Waals surface area contributed by atoms with Gasteiger partial charge in [0.05, 0.1) is 13.2 Å². The fourth-order valence-corrected chi connectivity index (χ4v) is 2.26. The highest BCUT2D eigenvalue weighted by atomic mass is 79.9. The van der Waals surface area contributed by atoms with Crippen LogP contribution in [0.5, 0.6) is 5.75 Å². The van der Waals surface area contributed by atoms with Gasteiger partial charge in [0.25, 0.3) is 0 Å². The fourth-order valence-electron chi connectivity index (χ4n) is 1.84. The summed E-state index contributed by atoms with van der Waals surface area (Å²) in [6, 6.07) is 15.1. The fraction of sp³-hybridized carbons (Fsp3) is 0.235. The third-order valence-corrected chi connectivity index (χ3v) is 3.62. The minimum atomic E-state index is -0.0991. The van der Waals surface area contributed by atoms with E-state index in [1.165, 1.54) is 0 Å². The lowest BCUT2D eigenvalue weighted by atomic mass is 10.3. The van der Waals surface area contributed by atoms with E-state index in [0.717, 1.165) is 28.0 Å². The number of hydrogen-bond donors (Lipinski definition) is 2. The summed E-state index contributed by atoms with van der Waals surface area (Å²) in [4.78, 5) is 11.9. The van der Waals surface area contributed by atoms with Gasteiger partial charge in [0.15, 0.2) is 0 Å². The summed E-state index contributed by atoms with van der Waals surface area (Å²) in [5, 5.41) is 5.93. The van der Waals surface area contributed by atoms with Gasteiger partial charge >= 0.3 is 0 Å². The van der Waals surface area contributed by atoms with Gasteiger partial charge in [-0.25, -0.2) is 0 Å². The standard InChI is InChI=1S/C17H19BrN2O2/c1-2-11-22-14-9-7-13(8-10-14)20-17(21)12-19-16-6-4-3-5-15(16)18/h3-10,19H,2,11-12H2,1H3,(H,20,21). The predicted molar refractivity (Wildman–Crippen MR) is 93.5 cm³/mol. The average molecular weight is 363 g/mol. The van der Waals surface area contributed by atoms with Crippen LogP contribution in [0.15, 0.2) is 53.0 Å². The molecular weight excluding hydrogens is 344 g/mol. The second-order valence-electron chi connectivity index (χ2n) is 4.75. The molecule has 0 fully saturated rings. The Kier molecular flexibility index (Phi) is 6.27. The van der Waals surface area contributed by atoms with E-state index in [1.54, 1.807) is 0 Å². The number of ether oxygens (including phenoxy) is 1. The first-order valence-electron chi connectivity index (χ1n) is 7.20. The zero-order valence-electron chi connectivity index (χ0n) is 12.4. The Bertz CT molecular complexity index is 614. The van der Waals surface area contributed by atoms with Gasteiger partial charge in [0.1, 0.15) is 5.75 Å². The minimum Gasteiger partial charge on any atom is -0.494 e. The number of carbonyl (C=O) groups is 1. The second-order valence-corrected chi connectivity index (χ2v) is 5.61. The Balaban J connectivity index is 1.83. The third-order valence-electron chi connectivity index (χ3n) is 2.92. The van der Waals surface area contributed by atoms with E-state index in [9.17, 15) is 4.79 Å². The van der Waals surface area contributed by atoms with E-state index < -0.39 is 0 Å². The maximum absolute atomic E-state index is 11.9. The van der Waals surface area contributed by atoms with Crippen molar-refractivity contribution in [2.45, 2.75) is 13.3 Å². The van der Waals surface area contributed by atoms with Gasteiger partial charge in [-0.3, -0.25) is 4.79 Å². The van der Waals surface area contributed by atoms with Gasteiger partial charge in [0, 0.05) is 15.8 Å². The molecule has 0 heterocycles. The van der Waals surface area contributed by atoms with Crippen molar-refractivity contribution in [1.29, 1.82) is 0 Å². The SMILES string of the molecule is CCCOc1ccc(NC(=O)CNc2ccccc2Br)cc1. The Morgan fingerprint density at radius 1 is 1.14 bits per heavy atom. The normalized spacial score (nSPS) is 10.1. The zero-order chi connectivity index (χ0) is 15.8. The first kappa shape index (κ1) is 16.4. The molecule has 0 aromatic heterocycles. The molecule has 0 aliphatic rings. The van der Waals surface area contributed by atoms with E-state index in [0.29, 0.717) is 6.61 Å². The molecule has 0 radical (unpaired) electrons. The van der Waals surface area contributed by atoms with Crippen LogP contribution in [-0.2, 0) is 4.79 Å². The number of anilines is 2. The zero-order valence-corrected chi connectivity index (χ0v) is 14.0. The largest absolute Gasteiger partial charge is 0.494 e. The molecule has 116 valence electrons. The lowest BCUT2D eigenvalue weighted by molar-refractivity contribution is -0.114. The molecule has 0 spiro atoms. The van der Waals surface area contributed by atoms with Gasteiger partial charge in [-0.1, -0.05) is 19.1 Å². The van der Waals surface area contributed by atoms with Gasteiger partial charge in [-0.15, -0.1) is 0 Å². The predicted octanol–water partition coefficient (Wildman–Crippen LogP) is 4.29. The number of hydrogen-bond acceptors (Lipinski definition) is 3. The van der Waals surface area contributed by atoms with Crippen molar-refractivity contribution in [2.24, 2.45) is 0 Å². The molecule has 5 heteroatoms. The molecule has 0 bridgehead atoms. The van der Waals surface area contributed by atoms with E-state index in [2.05, 4.69) is 33.5 Å². The molecule has 2 rings (SSSR count). The van der Waals surface area contributed by atoms with Crippen molar-refractivity contribution in [1.82, 2.24) is 0 Å². The molecule has 2 aromatic carbocycles. The number of nitrogens with one attached hydrogen (secondary N) is 2. The quantitative estimate of drug-likeness (QED) is 0.772. The van der Waals surface area contributed by atoms with Crippen molar-refractivity contribution in [3.05, 3.63) is 53.0 Å². The topological polar surface area (TPSA) is 50.4 Å². The first-order valence-corrected chi connectivity index (χ1v) is 7.99. The van der Waals surface area contributed by atoms with Gasteiger partial charge in [-0.2, -0.15) is 0 Å². The third kappa shape index (κ3) is 5.07. The number of carbonyl (C=O) groups excluding carboxylic acids is 1. The van der Waals surface area contributed by atoms with Gasteiger partial charge < -0.3 is 15.4 Å². The monoisotopic (exact) mass is 362 g/mol. The number of amides is 1. The van der Waals surface area contributed by atoms with Crippen LogP contribution in [0.1, 0.15) is 13.3 Å². The van der Waals surface area contributed by atoms with Crippen LogP contribution in [-0.4, -0.2) is 19.1 Å². The van der Waals surface area contributed by atoms with E-state index >= 15 is 0 Å². The molecule has 2 N–H and O–H groups in total. The summed E-state index contributed by atoms with van der Waals surface area (Å²) < 4.78 is 6.43.